The topological polar surface area (TPSA) is 67.6 Å². The highest BCUT2D eigenvalue weighted by atomic mass is 16.5. The molecule has 0 atom stereocenters. The molecule has 2 rings (SSSR count). The third-order valence-electron chi connectivity index (χ3n) is 4.49. The molecule has 1 amide bonds. The van der Waals surface area contributed by atoms with Crippen LogP contribution in [0.4, 0.5) is 5.69 Å². The predicted octanol–water partition coefficient (Wildman–Crippen LogP) is 1.84. The Hall–Kier alpha value is -1.59. The van der Waals surface area contributed by atoms with Gasteiger partial charge in [-0.3, -0.25) is 9.69 Å². The third-order valence-corrected chi connectivity index (χ3v) is 4.49. The Bertz CT molecular complexity index is 484. The number of carbonyl (C=O) groups is 1. The lowest BCUT2D eigenvalue weighted by Crippen LogP contribution is -2.52. The standard InChI is InChI=1S/C16H25N3O2/c1-19(16(12-17)9-5-6-10-16)11-15(20)18-13-7-3-4-8-14(13)21-2/h3-4,7-8H,5-6,9-12,17H2,1-2H3,(H,18,20). The molecular formula is C16H25N3O2. The molecule has 0 aromatic heterocycles. The Morgan fingerprint density at radius 3 is 2.67 bits per heavy atom. The fourth-order valence-corrected chi connectivity index (χ4v) is 3.10. The molecular weight excluding hydrogens is 266 g/mol. The summed E-state index contributed by atoms with van der Waals surface area (Å²) in [6.07, 6.45) is 4.52. The van der Waals surface area contributed by atoms with E-state index in [4.69, 9.17) is 10.5 Å². The molecule has 1 aliphatic rings. The van der Waals surface area contributed by atoms with E-state index >= 15 is 0 Å². The Morgan fingerprint density at radius 2 is 2.05 bits per heavy atom. The average Bonchev–Trinajstić information content (AvgIpc) is 2.98. The second-order valence-corrected chi connectivity index (χ2v) is 5.74. The van der Waals surface area contributed by atoms with Gasteiger partial charge in [-0.2, -0.15) is 0 Å². The summed E-state index contributed by atoms with van der Waals surface area (Å²) < 4.78 is 5.24. The largest absolute Gasteiger partial charge is 0.495 e. The van der Waals surface area contributed by atoms with Gasteiger partial charge in [0.05, 0.1) is 19.3 Å². The van der Waals surface area contributed by atoms with Gasteiger partial charge in [0.1, 0.15) is 5.75 Å². The highest BCUT2D eigenvalue weighted by Gasteiger charge is 2.37. The van der Waals surface area contributed by atoms with E-state index < -0.39 is 0 Å². The Balaban J connectivity index is 1.98. The molecule has 1 aliphatic carbocycles. The first kappa shape index (κ1) is 15.8. The van der Waals surface area contributed by atoms with Crippen LogP contribution in [0, 0.1) is 0 Å². The highest BCUT2D eigenvalue weighted by Crippen LogP contribution is 2.33. The van der Waals surface area contributed by atoms with Gasteiger partial charge in [-0.05, 0) is 32.0 Å². The summed E-state index contributed by atoms with van der Waals surface area (Å²) in [5, 5.41) is 2.91. The molecule has 0 aliphatic heterocycles. The Kier molecular flexibility index (Phi) is 5.20. The monoisotopic (exact) mass is 291 g/mol. The summed E-state index contributed by atoms with van der Waals surface area (Å²) in [5.41, 5.74) is 6.64. The number of anilines is 1. The van der Waals surface area contributed by atoms with Crippen molar-refractivity contribution in [1.29, 1.82) is 0 Å². The van der Waals surface area contributed by atoms with Gasteiger partial charge in [-0.1, -0.05) is 25.0 Å². The summed E-state index contributed by atoms with van der Waals surface area (Å²) >= 11 is 0. The van der Waals surface area contributed by atoms with Crippen LogP contribution in [0.15, 0.2) is 24.3 Å². The number of ether oxygens (including phenoxy) is 1. The summed E-state index contributed by atoms with van der Waals surface area (Å²) in [6.45, 7) is 0.945. The van der Waals surface area contributed by atoms with Crippen molar-refractivity contribution in [3.8, 4) is 5.75 Å². The average molecular weight is 291 g/mol. The summed E-state index contributed by atoms with van der Waals surface area (Å²) in [6, 6.07) is 7.42. The highest BCUT2D eigenvalue weighted by molar-refractivity contribution is 5.93. The van der Waals surface area contributed by atoms with Crippen LogP contribution in [0.25, 0.3) is 0 Å². The van der Waals surface area contributed by atoms with Crippen molar-refractivity contribution in [2.75, 3.05) is 32.6 Å². The molecule has 3 N–H and O–H groups in total. The normalized spacial score (nSPS) is 17.0. The number of amides is 1. The third kappa shape index (κ3) is 3.54. The molecule has 0 bridgehead atoms. The van der Waals surface area contributed by atoms with Crippen LogP contribution in [-0.2, 0) is 4.79 Å². The molecule has 0 saturated heterocycles. The van der Waals surface area contributed by atoms with Crippen molar-refractivity contribution in [3.63, 3.8) is 0 Å². The molecule has 1 fully saturated rings. The molecule has 116 valence electrons. The van der Waals surface area contributed by atoms with E-state index in [0.717, 1.165) is 12.8 Å². The SMILES string of the molecule is COc1ccccc1NC(=O)CN(C)C1(CN)CCCC1. The van der Waals surface area contributed by atoms with E-state index in [2.05, 4.69) is 10.2 Å². The maximum absolute atomic E-state index is 12.3. The number of likely N-dealkylation sites (N-methyl/N-ethyl adjacent to an activating group) is 1. The van der Waals surface area contributed by atoms with Gasteiger partial charge in [0.25, 0.3) is 0 Å². The number of nitrogens with one attached hydrogen (secondary N) is 1. The fourth-order valence-electron chi connectivity index (χ4n) is 3.10. The molecule has 1 aromatic rings. The van der Waals surface area contributed by atoms with Gasteiger partial charge in [-0.25, -0.2) is 0 Å². The summed E-state index contributed by atoms with van der Waals surface area (Å²) in [4.78, 5) is 14.4. The van der Waals surface area contributed by atoms with Crippen molar-refractivity contribution < 1.29 is 9.53 Å². The maximum atomic E-state index is 12.3. The van der Waals surface area contributed by atoms with Crippen molar-refractivity contribution >= 4 is 11.6 Å². The molecule has 5 heteroatoms. The van der Waals surface area contributed by atoms with Crippen LogP contribution in [0.1, 0.15) is 25.7 Å². The summed E-state index contributed by atoms with van der Waals surface area (Å²) in [5.74, 6) is 0.629. The lowest BCUT2D eigenvalue weighted by atomic mass is 9.96. The molecule has 0 unspecified atom stereocenters. The quantitative estimate of drug-likeness (QED) is 0.839. The van der Waals surface area contributed by atoms with Crippen molar-refractivity contribution in [2.24, 2.45) is 5.73 Å². The minimum Gasteiger partial charge on any atom is -0.495 e. The Morgan fingerprint density at radius 1 is 1.38 bits per heavy atom. The lowest BCUT2D eigenvalue weighted by molar-refractivity contribution is -0.118. The number of rotatable bonds is 6. The van der Waals surface area contributed by atoms with Crippen molar-refractivity contribution in [2.45, 2.75) is 31.2 Å². The number of nitrogens with zero attached hydrogens (tertiary/aromatic N) is 1. The number of nitrogens with two attached hydrogens (primary N) is 1. The van der Waals surface area contributed by atoms with E-state index in [1.807, 2.05) is 31.3 Å². The van der Waals surface area contributed by atoms with E-state index in [9.17, 15) is 4.79 Å². The van der Waals surface area contributed by atoms with Crippen LogP contribution >= 0.6 is 0 Å². The van der Waals surface area contributed by atoms with Gasteiger partial charge >= 0.3 is 0 Å². The van der Waals surface area contributed by atoms with Crippen LogP contribution in [-0.4, -0.2) is 43.6 Å². The fraction of sp³-hybridized carbons (Fsp3) is 0.562. The van der Waals surface area contributed by atoms with Crippen LogP contribution < -0.4 is 15.8 Å². The molecule has 0 heterocycles. The second kappa shape index (κ2) is 6.91. The summed E-state index contributed by atoms with van der Waals surface area (Å²) in [7, 11) is 3.58. The van der Waals surface area contributed by atoms with Gasteiger partial charge in [0, 0.05) is 12.1 Å². The first-order valence-corrected chi connectivity index (χ1v) is 7.45. The number of hydrogen-bond donors (Lipinski definition) is 2. The van der Waals surface area contributed by atoms with E-state index in [1.165, 1.54) is 12.8 Å². The van der Waals surface area contributed by atoms with Crippen LogP contribution in [0.3, 0.4) is 0 Å². The van der Waals surface area contributed by atoms with Crippen LogP contribution in [0.2, 0.25) is 0 Å². The first-order valence-electron chi connectivity index (χ1n) is 7.45. The molecule has 1 saturated carbocycles. The number of benzene rings is 1. The van der Waals surface area contributed by atoms with Crippen LogP contribution in [0.5, 0.6) is 5.75 Å². The number of para-hydroxylation sites is 2. The second-order valence-electron chi connectivity index (χ2n) is 5.74. The van der Waals surface area contributed by atoms with Crippen molar-refractivity contribution in [3.05, 3.63) is 24.3 Å². The van der Waals surface area contributed by atoms with Gasteiger partial charge < -0.3 is 15.8 Å². The number of hydrogen-bond acceptors (Lipinski definition) is 4. The smallest absolute Gasteiger partial charge is 0.238 e. The first-order chi connectivity index (χ1) is 10.1. The zero-order valence-electron chi connectivity index (χ0n) is 12.9. The van der Waals surface area contributed by atoms with Gasteiger partial charge in [0.2, 0.25) is 5.91 Å². The molecule has 0 radical (unpaired) electrons. The van der Waals surface area contributed by atoms with E-state index in [0.29, 0.717) is 24.5 Å². The predicted molar refractivity (Wildman–Crippen MR) is 84.5 cm³/mol. The molecule has 21 heavy (non-hydrogen) atoms. The maximum Gasteiger partial charge on any atom is 0.238 e. The molecule has 5 nitrogen and oxygen atoms in total. The Labute approximate surface area is 126 Å². The van der Waals surface area contributed by atoms with E-state index in [-0.39, 0.29) is 11.4 Å². The minimum absolute atomic E-state index is 0.0158. The number of methoxy groups -OCH3 is 1. The zero-order valence-corrected chi connectivity index (χ0v) is 12.9. The minimum atomic E-state index is -0.0401. The van der Waals surface area contributed by atoms with Gasteiger partial charge in [-0.15, -0.1) is 0 Å². The van der Waals surface area contributed by atoms with Crippen molar-refractivity contribution in [1.82, 2.24) is 4.90 Å². The zero-order chi connectivity index (χ0) is 15.3. The lowest BCUT2D eigenvalue weighted by Gasteiger charge is -2.37. The molecule has 0 spiro atoms. The van der Waals surface area contributed by atoms with Gasteiger partial charge in [0.15, 0.2) is 0 Å². The molecule has 1 aromatic carbocycles. The van der Waals surface area contributed by atoms with E-state index in [1.54, 1.807) is 7.11 Å². The number of carbonyl (C=O) groups excluding carboxylic acids is 1.